The maximum Gasteiger partial charge on any atom is 0.225 e. The van der Waals surface area contributed by atoms with Crippen LogP contribution in [-0.4, -0.2) is 64.0 Å². The molecule has 0 bridgehead atoms. The van der Waals surface area contributed by atoms with Crippen LogP contribution < -0.4 is 17.2 Å². The van der Waals surface area contributed by atoms with Gasteiger partial charge < -0.3 is 22.1 Å². The van der Waals surface area contributed by atoms with E-state index in [-0.39, 0.29) is 11.9 Å². The summed E-state index contributed by atoms with van der Waals surface area (Å²) in [6, 6.07) is 0.308. The summed E-state index contributed by atoms with van der Waals surface area (Å²) in [4.78, 5) is 16.5. The molecule has 0 radical (unpaired) electrons. The Bertz CT molecular complexity index is 389. The summed E-state index contributed by atoms with van der Waals surface area (Å²) in [6.07, 6.45) is 0. The van der Waals surface area contributed by atoms with Crippen molar-refractivity contribution in [1.29, 1.82) is 0 Å². The van der Waals surface area contributed by atoms with Gasteiger partial charge >= 0.3 is 0 Å². The molecule has 0 aromatic carbocycles. The molecule has 1 atom stereocenters. The lowest BCUT2D eigenvalue weighted by molar-refractivity contribution is 0.0858. The predicted molar refractivity (Wildman–Crippen MR) is 69.4 cm³/mol. The van der Waals surface area contributed by atoms with Crippen LogP contribution in [0, 0.1) is 0 Å². The third-order valence-corrected chi connectivity index (χ3v) is 3.14. The molecule has 0 spiro atoms. The van der Waals surface area contributed by atoms with Crippen LogP contribution in [-0.2, 0) is 6.54 Å². The molecule has 2 rings (SSSR count). The molecule has 1 aliphatic heterocycles. The largest absolute Gasteiger partial charge is 0.368 e. The Hall–Kier alpha value is -1.51. The van der Waals surface area contributed by atoms with Crippen LogP contribution in [0.1, 0.15) is 5.82 Å². The van der Waals surface area contributed by atoms with Gasteiger partial charge in [-0.3, -0.25) is 4.90 Å². The molecule has 1 aliphatic rings. The van der Waals surface area contributed by atoms with E-state index in [1.165, 1.54) is 0 Å². The summed E-state index contributed by atoms with van der Waals surface area (Å²) < 4.78 is 0. The van der Waals surface area contributed by atoms with Gasteiger partial charge in [0.2, 0.25) is 11.9 Å². The number of aromatic nitrogens is 3. The lowest BCUT2D eigenvalue weighted by Crippen LogP contribution is -2.54. The smallest absolute Gasteiger partial charge is 0.225 e. The zero-order valence-electron chi connectivity index (χ0n) is 10.6. The average Bonchev–Trinajstić information content (AvgIpc) is 2.30. The van der Waals surface area contributed by atoms with Crippen molar-refractivity contribution in [3.05, 3.63) is 5.82 Å². The van der Waals surface area contributed by atoms with Crippen molar-refractivity contribution in [2.45, 2.75) is 12.6 Å². The van der Waals surface area contributed by atoms with Gasteiger partial charge in [-0.05, 0) is 7.05 Å². The number of anilines is 2. The minimum atomic E-state index is 0.163. The maximum atomic E-state index is 5.80. The molecule has 0 aliphatic carbocycles. The van der Waals surface area contributed by atoms with E-state index in [0.717, 1.165) is 19.6 Å². The SMILES string of the molecule is CN1CCN(Cc2nc(N)nc(N)n2)C(CN)C1. The van der Waals surface area contributed by atoms with Gasteiger partial charge in [-0.25, -0.2) is 0 Å². The maximum absolute atomic E-state index is 5.80. The number of nitrogens with two attached hydrogens (primary N) is 3. The molecule has 18 heavy (non-hydrogen) atoms. The third-order valence-electron chi connectivity index (χ3n) is 3.14. The first-order valence-corrected chi connectivity index (χ1v) is 5.97. The predicted octanol–water partition coefficient (Wildman–Crippen LogP) is -1.89. The Balaban J connectivity index is 2.07. The van der Waals surface area contributed by atoms with Crippen molar-refractivity contribution in [1.82, 2.24) is 24.8 Å². The van der Waals surface area contributed by atoms with Crippen molar-refractivity contribution in [3.8, 4) is 0 Å². The molecule has 6 N–H and O–H groups in total. The molecule has 8 nitrogen and oxygen atoms in total. The minimum absolute atomic E-state index is 0.163. The Morgan fingerprint density at radius 1 is 1.17 bits per heavy atom. The van der Waals surface area contributed by atoms with Crippen molar-refractivity contribution in [2.24, 2.45) is 5.73 Å². The van der Waals surface area contributed by atoms with Gasteiger partial charge in [-0.15, -0.1) is 0 Å². The summed E-state index contributed by atoms with van der Waals surface area (Å²) >= 11 is 0. The molecule has 1 unspecified atom stereocenters. The molecule has 0 saturated carbocycles. The van der Waals surface area contributed by atoms with E-state index in [4.69, 9.17) is 17.2 Å². The van der Waals surface area contributed by atoms with Crippen LogP contribution in [0.5, 0.6) is 0 Å². The van der Waals surface area contributed by atoms with Gasteiger partial charge in [0.1, 0.15) is 5.82 Å². The second-order valence-electron chi connectivity index (χ2n) is 4.59. The number of rotatable bonds is 3. The highest BCUT2D eigenvalue weighted by atomic mass is 15.3. The Labute approximate surface area is 106 Å². The van der Waals surface area contributed by atoms with Crippen LogP contribution in [0.25, 0.3) is 0 Å². The molecule has 100 valence electrons. The quantitative estimate of drug-likeness (QED) is 0.570. The standard InChI is InChI=1S/C10H20N8/c1-17-2-3-18(7(4-11)5-17)6-8-14-9(12)16-10(13)15-8/h7H,2-6,11H2,1H3,(H4,12,13,14,15,16). The zero-order chi connectivity index (χ0) is 13.1. The van der Waals surface area contributed by atoms with Gasteiger partial charge in [-0.1, -0.05) is 0 Å². The molecule has 8 heteroatoms. The molecule has 1 aromatic rings. The van der Waals surface area contributed by atoms with Gasteiger partial charge in [0, 0.05) is 32.2 Å². The van der Waals surface area contributed by atoms with E-state index in [1.807, 2.05) is 0 Å². The number of nitrogen functional groups attached to an aromatic ring is 2. The highest BCUT2D eigenvalue weighted by Crippen LogP contribution is 2.11. The normalized spacial score (nSPS) is 22.2. The van der Waals surface area contributed by atoms with Crippen LogP contribution in [0.15, 0.2) is 0 Å². The number of hydrogen-bond donors (Lipinski definition) is 3. The first kappa shape index (κ1) is 12.9. The van der Waals surface area contributed by atoms with E-state index >= 15 is 0 Å². The lowest BCUT2D eigenvalue weighted by atomic mass is 10.1. The van der Waals surface area contributed by atoms with Gasteiger partial charge in [-0.2, -0.15) is 15.0 Å². The summed E-state index contributed by atoms with van der Waals surface area (Å²) in [5.74, 6) is 0.926. The number of nitrogens with zero attached hydrogens (tertiary/aromatic N) is 5. The zero-order valence-corrected chi connectivity index (χ0v) is 10.6. The third kappa shape index (κ3) is 3.03. The number of piperazine rings is 1. The Morgan fingerprint density at radius 3 is 2.44 bits per heavy atom. The fraction of sp³-hybridized carbons (Fsp3) is 0.700. The van der Waals surface area contributed by atoms with Crippen molar-refractivity contribution in [3.63, 3.8) is 0 Å². The number of likely N-dealkylation sites (N-methyl/N-ethyl adjacent to an activating group) is 1. The molecule has 0 amide bonds. The van der Waals surface area contributed by atoms with Crippen molar-refractivity contribution >= 4 is 11.9 Å². The van der Waals surface area contributed by atoms with E-state index in [9.17, 15) is 0 Å². The Morgan fingerprint density at radius 2 is 1.83 bits per heavy atom. The second-order valence-corrected chi connectivity index (χ2v) is 4.59. The van der Waals surface area contributed by atoms with E-state index in [0.29, 0.717) is 25.0 Å². The summed E-state index contributed by atoms with van der Waals surface area (Å²) in [7, 11) is 2.10. The van der Waals surface area contributed by atoms with E-state index in [2.05, 4.69) is 31.8 Å². The molecular weight excluding hydrogens is 232 g/mol. The Kier molecular flexibility index (Phi) is 3.90. The molecule has 1 fully saturated rings. The average molecular weight is 252 g/mol. The van der Waals surface area contributed by atoms with Crippen LogP contribution in [0.3, 0.4) is 0 Å². The first-order chi connectivity index (χ1) is 8.58. The van der Waals surface area contributed by atoms with Gasteiger partial charge in [0.15, 0.2) is 0 Å². The number of hydrogen-bond acceptors (Lipinski definition) is 8. The monoisotopic (exact) mass is 252 g/mol. The van der Waals surface area contributed by atoms with E-state index < -0.39 is 0 Å². The van der Waals surface area contributed by atoms with Gasteiger partial charge in [0.05, 0.1) is 6.54 Å². The van der Waals surface area contributed by atoms with Crippen molar-refractivity contribution < 1.29 is 0 Å². The van der Waals surface area contributed by atoms with E-state index in [1.54, 1.807) is 0 Å². The molecule has 2 heterocycles. The topological polar surface area (TPSA) is 123 Å². The molecule has 1 aromatic heterocycles. The van der Waals surface area contributed by atoms with Gasteiger partial charge in [0.25, 0.3) is 0 Å². The molecular formula is C10H20N8. The van der Waals surface area contributed by atoms with Crippen LogP contribution in [0.4, 0.5) is 11.9 Å². The summed E-state index contributed by atoms with van der Waals surface area (Å²) in [6.45, 7) is 4.11. The highest BCUT2D eigenvalue weighted by molar-refractivity contribution is 5.25. The molecule has 1 saturated heterocycles. The van der Waals surface area contributed by atoms with Crippen molar-refractivity contribution in [2.75, 3.05) is 44.7 Å². The minimum Gasteiger partial charge on any atom is -0.368 e. The highest BCUT2D eigenvalue weighted by Gasteiger charge is 2.24. The fourth-order valence-electron chi connectivity index (χ4n) is 2.19. The first-order valence-electron chi connectivity index (χ1n) is 5.97. The van der Waals surface area contributed by atoms with Crippen LogP contribution in [0.2, 0.25) is 0 Å². The second kappa shape index (κ2) is 5.42. The fourth-order valence-corrected chi connectivity index (χ4v) is 2.19. The lowest BCUT2D eigenvalue weighted by Gasteiger charge is -2.39. The summed E-state index contributed by atoms with van der Waals surface area (Å²) in [5, 5.41) is 0. The van der Waals surface area contributed by atoms with Crippen LogP contribution >= 0.6 is 0 Å². The summed E-state index contributed by atoms with van der Waals surface area (Å²) in [5.41, 5.74) is 16.9.